The summed E-state index contributed by atoms with van der Waals surface area (Å²) >= 11 is 0. The standard InChI is InChI=1S/C18H13N3O/c19-12-16-15(13-7-3-1-4-8-13)11-17(22)21(18(16)20)14-9-5-2-6-10-14/h1-11H,20H2. The molecule has 0 saturated carbocycles. The molecule has 0 spiro atoms. The Balaban J connectivity index is 2.31. The van der Waals surface area contributed by atoms with Gasteiger partial charge in [-0.2, -0.15) is 5.26 Å². The predicted molar refractivity (Wildman–Crippen MR) is 86.6 cm³/mol. The van der Waals surface area contributed by atoms with Crippen molar-refractivity contribution in [1.82, 2.24) is 4.57 Å². The Morgan fingerprint density at radius 3 is 2.14 bits per heavy atom. The molecule has 106 valence electrons. The highest BCUT2D eigenvalue weighted by Gasteiger charge is 2.15. The van der Waals surface area contributed by atoms with Gasteiger partial charge >= 0.3 is 0 Å². The van der Waals surface area contributed by atoms with Gasteiger partial charge in [0, 0.05) is 11.6 Å². The number of hydrogen-bond acceptors (Lipinski definition) is 3. The predicted octanol–water partition coefficient (Wildman–Crippen LogP) is 2.96. The topological polar surface area (TPSA) is 71.8 Å². The van der Waals surface area contributed by atoms with E-state index in [-0.39, 0.29) is 11.4 Å². The monoisotopic (exact) mass is 287 g/mol. The smallest absolute Gasteiger partial charge is 0.257 e. The maximum Gasteiger partial charge on any atom is 0.257 e. The molecule has 3 aromatic rings. The van der Waals surface area contributed by atoms with Crippen LogP contribution in [-0.2, 0) is 0 Å². The molecular formula is C18H13N3O. The number of nitrogens with zero attached hydrogens (tertiary/aromatic N) is 2. The molecular weight excluding hydrogens is 274 g/mol. The summed E-state index contributed by atoms with van der Waals surface area (Å²) in [5, 5.41) is 9.48. The normalized spacial score (nSPS) is 10.1. The lowest BCUT2D eigenvalue weighted by atomic mass is 10.0. The summed E-state index contributed by atoms with van der Waals surface area (Å²) in [6.45, 7) is 0. The quantitative estimate of drug-likeness (QED) is 0.787. The lowest BCUT2D eigenvalue weighted by Gasteiger charge is -2.14. The van der Waals surface area contributed by atoms with E-state index in [1.165, 1.54) is 10.6 Å². The molecule has 2 aromatic carbocycles. The van der Waals surface area contributed by atoms with Crippen LogP contribution in [0.4, 0.5) is 5.82 Å². The van der Waals surface area contributed by atoms with Crippen molar-refractivity contribution in [2.75, 3.05) is 5.73 Å². The molecule has 0 aliphatic carbocycles. The zero-order valence-corrected chi connectivity index (χ0v) is 11.7. The highest BCUT2D eigenvalue weighted by atomic mass is 16.1. The second-order valence-electron chi connectivity index (χ2n) is 4.81. The van der Waals surface area contributed by atoms with Gasteiger partial charge < -0.3 is 5.73 Å². The minimum atomic E-state index is -0.262. The summed E-state index contributed by atoms with van der Waals surface area (Å²) in [5.74, 6) is 0.153. The molecule has 4 nitrogen and oxygen atoms in total. The maximum absolute atomic E-state index is 12.5. The Morgan fingerprint density at radius 1 is 0.955 bits per heavy atom. The zero-order chi connectivity index (χ0) is 15.5. The minimum Gasteiger partial charge on any atom is -0.384 e. The first kappa shape index (κ1) is 13.7. The van der Waals surface area contributed by atoms with Crippen molar-refractivity contribution in [2.45, 2.75) is 0 Å². The van der Waals surface area contributed by atoms with E-state index in [2.05, 4.69) is 6.07 Å². The molecule has 4 heteroatoms. The fourth-order valence-corrected chi connectivity index (χ4v) is 2.43. The van der Waals surface area contributed by atoms with E-state index in [1.807, 2.05) is 48.5 Å². The number of aromatic nitrogens is 1. The van der Waals surface area contributed by atoms with Crippen molar-refractivity contribution in [2.24, 2.45) is 0 Å². The molecule has 0 atom stereocenters. The third-order valence-electron chi connectivity index (χ3n) is 3.47. The summed E-state index contributed by atoms with van der Waals surface area (Å²) in [5.41, 5.74) is 8.13. The molecule has 0 radical (unpaired) electrons. The van der Waals surface area contributed by atoms with Crippen LogP contribution in [0.5, 0.6) is 0 Å². The van der Waals surface area contributed by atoms with E-state index in [0.717, 1.165) is 5.56 Å². The summed E-state index contributed by atoms with van der Waals surface area (Å²) in [6, 6.07) is 21.9. The van der Waals surface area contributed by atoms with Gasteiger partial charge in [0.05, 0.1) is 5.69 Å². The Labute approximate surface area is 127 Å². The highest BCUT2D eigenvalue weighted by Crippen LogP contribution is 2.26. The summed E-state index contributed by atoms with van der Waals surface area (Å²) in [4.78, 5) is 12.5. The molecule has 1 heterocycles. The second kappa shape index (κ2) is 5.58. The van der Waals surface area contributed by atoms with E-state index in [0.29, 0.717) is 16.8 Å². The third-order valence-corrected chi connectivity index (χ3v) is 3.47. The van der Waals surface area contributed by atoms with Crippen LogP contribution in [-0.4, -0.2) is 4.57 Å². The number of benzene rings is 2. The number of para-hydroxylation sites is 1. The van der Waals surface area contributed by atoms with Gasteiger partial charge in [0.2, 0.25) is 0 Å². The molecule has 0 aliphatic rings. The SMILES string of the molecule is N#Cc1c(-c2ccccc2)cc(=O)n(-c2ccccc2)c1N. The Kier molecular flexibility index (Phi) is 3.47. The molecule has 0 amide bonds. The Morgan fingerprint density at radius 2 is 1.55 bits per heavy atom. The Bertz CT molecular complexity index is 907. The van der Waals surface area contributed by atoms with E-state index >= 15 is 0 Å². The molecule has 0 saturated heterocycles. The fraction of sp³-hybridized carbons (Fsp3) is 0. The van der Waals surface area contributed by atoms with Crippen molar-refractivity contribution >= 4 is 5.82 Å². The van der Waals surface area contributed by atoms with Crippen molar-refractivity contribution in [3.05, 3.63) is 82.6 Å². The number of anilines is 1. The molecule has 2 N–H and O–H groups in total. The lowest BCUT2D eigenvalue weighted by molar-refractivity contribution is 1.00. The Hall–Kier alpha value is -3.32. The number of nitrogens with two attached hydrogens (primary N) is 1. The van der Waals surface area contributed by atoms with Crippen molar-refractivity contribution in [1.29, 1.82) is 5.26 Å². The summed E-state index contributed by atoms with van der Waals surface area (Å²) in [7, 11) is 0. The number of nitrogen functional groups attached to an aromatic ring is 1. The van der Waals surface area contributed by atoms with E-state index in [9.17, 15) is 10.1 Å². The van der Waals surface area contributed by atoms with E-state index < -0.39 is 0 Å². The first-order valence-corrected chi connectivity index (χ1v) is 6.79. The van der Waals surface area contributed by atoms with Crippen LogP contribution in [0, 0.1) is 11.3 Å². The maximum atomic E-state index is 12.5. The molecule has 22 heavy (non-hydrogen) atoms. The first-order valence-electron chi connectivity index (χ1n) is 6.79. The van der Waals surface area contributed by atoms with Crippen LogP contribution in [0.25, 0.3) is 16.8 Å². The minimum absolute atomic E-state index is 0.153. The molecule has 0 aliphatic heterocycles. The third kappa shape index (κ3) is 2.25. The number of hydrogen-bond donors (Lipinski definition) is 1. The molecule has 3 rings (SSSR count). The lowest BCUT2D eigenvalue weighted by Crippen LogP contribution is -2.22. The largest absolute Gasteiger partial charge is 0.384 e. The van der Waals surface area contributed by atoms with Gasteiger partial charge in [-0.15, -0.1) is 0 Å². The van der Waals surface area contributed by atoms with Crippen LogP contribution >= 0.6 is 0 Å². The van der Waals surface area contributed by atoms with Crippen molar-refractivity contribution in [3.63, 3.8) is 0 Å². The van der Waals surface area contributed by atoms with Gasteiger partial charge in [-0.3, -0.25) is 9.36 Å². The zero-order valence-electron chi connectivity index (χ0n) is 11.7. The van der Waals surface area contributed by atoms with Gasteiger partial charge in [0.25, 0.3) is 5.56 Å². The van der Waals surface area contributed by atoms with Crippen molar-refractivity contribution in [3.8, 4) is 22.9 Å². The average molecular weight is 287 g/mol. The first-order chi connectivity index (χ1) is 10.7. The number of rotatable bonds is 2. The molecule has 0 bridgehead atoms. The fourth-order valence-electron chi connectivity index (χ4n) is 2.43. The van der Waals surface area contributed by atoms with Crippen molar-refractivity contribution < 1.29 is 0 Å². The van der Waals surface area contributed by atoms with Crippen LogP contribution < -0.4 is 11.3 Å². The van der Waals surface area contributed by atoms with Crippen LogP contribution in [0.2, 0.25) is 0 Å². The van der Waals surface area contributed by atoms with Gasteiger partial charge in [-0.25, -0.2) is 0 Å². The van der Waals surface area contributed by atoms with Crippen LogP contribution in [0.3, 0.4) is 0 Å². The van der Waals surface area contributed by atoms with E-state index in [1.54, 1.807) is 12.1 Å². The molecule has 0 unspecified atom stereocenters. The van der Waals surface area contributed by atoms with Crippen LogP contribution in [0.15, 0.2) is 71.5 Å². The summed E-state index contributed by atoms with van der Waals surface area (Å²) < 4.78 is 1.35. The van der Waals surface area contributed by atoms with Gasteiger partial charge in [-0.05, 0) is 17.7 Å². The molecule has 1 aromatic heterocycles. The highest BCUT2D eigenvalue weighted by molar-refractivity contribution is 5.76. The van der Waals surface area contributed by atoms with Gasteiger partial charge in [0.15, 0.2) is 0 Å². The molecule has 0 fully saturated rings. The van der Waals surface area contributed by atoms with Gasteiger partial charge in [0.1, 0.15) is 17.5 Å². The summed E-state index contributed by atoms with van der Waals surface area (Å²) in [6.07, 6.45) is 0. The number of nitriles is 1. The van der Waals surface area contributed by atoms with Gasteiger partial charge in [-0.1, -0.05) is 48.5 Å². The van der Waals surface area contributed by atoms with E-state index in [4.69, 9.17) is 5.73 Å². The second-order valence-corrected chi connectivity index (χ2v) is 4.81. The van der Waals surface area contributed by atoms with Crippen LogP contribution in [0.1, 0.15) is 5.56 Å². The average Bonchev–Trinajstić information content (AvgIpc) is 2.56. The number of pyridine rings is 1.